The molecule has 1 heterocycles. The Labute approximate surface area is 311 Å². The number of carbonyl (C=O) groups excluding carboxylic acids is 1. The third kappa shape index (κ3) is 24.6. The van der Waals surface area contributed by atoms with Gasteiger partial charge < -0.3 is 40.3 Å². The van der Waals surface area contributed by atoms with Gasteiger partial charge in [0.1, 0.15) is 24.4 Å². The smallest absolute Gasteiger partial charge is 0.220 e. The quantitative estimate of drug-likeness (QED) is 0.0289. The summed E-state index contributed by atoms with van der Waals surface area (Å²) in [4.78, 5) is 12.9. The summed E-state index contributed by atoms with van der Waals surface area (Å²) in [5, 5.41) is 54.1. The lowest BCUT2D eigenvalue weighted by atomic mass is 9.99. The van der Waals surface area contributed by atoms with E-state index in [-0.39, 0.29) is 12.5 Å². The van der Waals surface area contributed by atoms with Crippen molar-refractivity contribution in [3.63, 3.8) is 0 Å². The van der Waals surface area contributed by atoms with Crippen LogP contribution < -0.4 is 5.32 Å². The minimum absolute atomic E-state index is 0.141. The Kier molecular flexibility index (Phi) is 31.1. The second kappa shape index (κ2) is 33.3. The van der Waals surface area contributed by atoms with E-state index in [1.807, 2.05) is 0 Å². The Bertz CT molecular complexity index is 853. The molecule has 0 saturated carbocycles. The molecule has 0 spiro atoms. The summed E-state index contributed by atoms with van der Waals surface area (Å²) in [6.45, 7) is 3.78. The van der Waals surface area contributed by atoms with E-state index in [4.69, 9.17) is 9.47 Å². The maximum absolute atomic E-state index is 12.9. The average Bonchev–Trinajstić information content (AvgIpc) is 3.13. The molecule has 51 heavy (non-hydrogen) atoms. The van der Waals surface area contributed by atoms with Gasteiger partial charge in [-0.05, 0) is 44.9 Å². The molecule has 0 radical (unpaired) electrons. The standard InChI is InChI=1S/C42H79NO8/c1-3-5-7-9-11-13-15-16-17-18-19-20-21-22-24-26-28-30-32-38(46)43-35(34-50-42-41(49)40(48)39(47)37(33-44)51-42)36(45)31-29-27-25-23-14-12-10-8-6-4-2/h13,15,17-18,35-37,39-42,44-45,47-49H,3-12,14,16,19-34H2,1-2H3,(H,43,46)/b15-13-,18-17-. The molecule has 1 fully saturated rings. The van der Waals surface area contributed by atoms with Gasteiger partial charge in [-0.15, -0.1) is 0 Å². The molecule has 0 aromatic heterocycles. The van der Waals surface area contributed by atoms with Crippen molar-refractivity contribution in [2.75, 3.05) is 13.2 Å². The van der Waals surface area contributed by atoms with E-state index >= 15 is 0 Å². The Hall–Kier alpha value is -1.33. The number of nitrogens with one attached hydrogen (secondary N) is 1. The van der Waals surface area contributed by atoms with Crippen LogP contribution in [0.25, 0.3) is 0 Å². The highest BCUT2D eigenvalue weighted by Crippen LogP contribution is 2.23. The van der Waals surface area contributed by atoms with Crippen molar-refractivity contribution in [1.82, 2.24) is 5.32 Å². The zero-order chi connectivity index (χ0) is 37.4. The number of ether oxygens (including phenoxy) is 2. The normalized spacial score (nSPS) is 22.2. The highest BCUT2D eigenvalue weighted by molar-refractivity contribution is 5.76. The molecule has 0 aliphatic carbocycles. The summed E-state index contributed by atoms with van der Waals surface area (Å²) >= 11 is 0. The van der Waals surface area contributed by atoms with Gasteiger partial charge >= 0.3 is 0 Å². The van der Waals surface area contributed by atoms with Gasteiger partial charge in [-0.1, -0.05) is 154 Å². The van der Waals surface area contributed by atoms with E-state index in [0.717, 1.165) is 51.4 Å². The molecule has 6 N–H and O–H groups in total. The predicted octanol–water partition coefficient (Wildman–Crippen LogP) is 7.94. The lowest BCUT2D eigenvalue weighted by molar-refractivity contribution is -0.302. The van der Waals surface area contributed by atoms with Crippen LogP contribution in [0.2, 0.25) is 0 Å². The van der Waals surface area contributed by atoms with Crippen LogP contribution in [-0.4, -0.2) is 87.5 Å². The number of carbonyl (C=O) groups is 1. The van der Waals surface area contributed by atoms with Crippen molar-refractivity contribution in [2.45, 2.75) is 224 Å². The largest absolute Gasteiger partial charge is 0.394 e. The number of hydrogen-bond acceptors (Lipinski definition) is 8. The zero-order valence-corrected chi connectivity index (χ0v) is 32.6. The van der Waals surface area contributed by atoms with Crippen molar-refractivity contribution in [1.29, 1.82) is 0 Å². The van der Waals surface area contributed by atoms with E-state index in [1.54, 1.807) is 0 Å². The first-order valence-corrected chi connectivity index (χ1v) is 21.0. The lowest BCUT2D eigenvalue weighted by Crippen LogP contribution is -2.60. The first kappa shape index (κ1) is 47.7. The fraction of sp³-hybridized carbons (Fsp3) is 0.881. The van der Waals surface area contributed by atoms with Crippen molar-refractivity contribution >= 4 is 5.91 Å². The number of aliphatic hydroxyl groups is 5. The Balaban J connectivity index is 2.35. The maximum Gasteiger partial charge on any atom is 0.220 e. The van der Waals surface area contributed by atoms with Gasteiger partial charge in [-0.2, -0.15) is 0 Å². The lowest BCUT2D eigenvalue weighted by Gasteiger charge is -2.40. The minimum atomic E-state index is -1.55. The summed E-state index contributed by atoms with van der Waals surface area (Å²) in [6.07, 6.45) is 30.4. The van der Waals surface area contributed by atoms with Crippen molar-refractivity contribution in [3.05, 3.63) is 24.3 Å². The summed E-state index contributed by atoms with van der Waals surface area (Å²) in [5.41, 5.74) is 0. The second-order valence-electron chi connectivity index (χ2n) is 14.8. The van der Waals surface area contributed by atoms with Crippen LogP contribution in [0.1, 0.15) is 181 Å². The van der Waals surface area contributed by atoms with Crippen LogP contribution in [0.15, 0.2) is 24.3 Å². The van der Waals surface area contributed by atoms with Crippen LogP contribution in [0.5, 0.6) is 0 Å². The number of aliphatic hydroxyl groups excluding tert-OH is 5. The summed E-state index contributed by atoms with van der Waals surface area (Å²) in [7, 11) is 0. The molecule has 7 unspecified atom stereocenters. The summed E-state index contributed by atoms with van der Waals surface area (Å²) in [5.74, 6) is -0.155. The first-order chi connectivity index (χ1) is 24.8. The van der Waals surface area contributed by atoms with Gasteiger partial charge in [0.25, 0.3) is 0 Å². The van der Waals surface area contributed by atoms with E-state index in [1.165, 1.54) is 103 Å². The Morgan fingerprint density at radius 2 is 1.16 bits per heavy atom. The van der Waals surface area contributed by atoms with Crippen LogP contribution in [0, 0.1) is 0 Å². The molecule has 7 atom stereocenters. The van der Waals surface area contributed by atoms with Crippen LogP contribution in [0.3, 0.4) is 0 Å². The topological polar surface area (TPSA) is 149 Å². The molecule has 300 valence electrons. The van der Waals surface area contributed by atoms with Crippen molar-refractivity contribution in [2.24, 2.45) is 0 Å². The monoisotopic (exact) mass is 726 g/mol. The first-order valence-electron chi connectivity index (χ1n) is 21.0. The predicted molar refractivity (Wildman–Crippen MR) is 207 cm³/mol. The fourth-order valence-corrected chi connectivity index (χ4v) is 6.60. The summed E-state index contributed by atoms with van der Waals surface area (Å²) in [6, 6.07) is -0.718. The van der Waals surface area contributed by atoms with Crippen molar-refractivity contribution in [3.8, 4) is 0 Å². The average molecular weight is 726 g/mol. The molecule has 1 amide bonds. The fourth-order valence-electron chi connectivity index (χ4n) is 6.60. The van der Waals surface area contributed by atoms with E-state index in [9.17, 15) is 30.3 Å². The maximum atomic E-state index is 12.9. The minimum Gasteiger partial charge on any atom is -0.394 e. The molecular weight excluding hydrogens is 646 g/mol. The van der Waals surface area contributed by atoms with E-state index in [2.05, 4.69) is 43.5 Å². The molecule has 0 bridgehead atoms. The highest BCUT2D eigenvalue weighted by Gasteiger charge is 2.44. The highest BCUT2D eigenvalue weighted by atomic mass is 16.7. The van der Waals surface area contributed by atoms with Crippen molar-refractivity contribution < 1.29 is 39.8 Å². The summed E-state index contributed by atoms with van der Waals surface area (Å²) < 4.78 is 11.2. The van der Waals surface area contributed by atoms with Crippen LogP contribution in [0.4, 0.5) is 0 Å². The van der Waals surface area contributed by atoms with E-state index in [0.29, 0.717) is 12.8 Å². The number of allylic oxidation sites excluding steroid dienone is 4. The van der Waals surface area contributed by atoms with Gasteiger partial charge in [0, 0.05) is 6.42 Å². The SMILES string of the molecule is CCCCCC/C=C\C/C=C\CCCCCCCCCC(=O)NC(COC1OC(CO)C(O)C(O)C1O)C(O)CCCCCCCCCCCC. The van der Waals surface area contributed by atoms with Crippen LogP contribution >= 0.6 is 0 Å². The van der Waals surface area contributed by atoms with Gasteiger partial charge in [0.2, 0.25) is 5.91 Å². The number of hydrogen-bond donors (Lipinski definition) is 6. The van der Waals surface area contributed by atoms with E-state index < -0.39 is 49.5 Å². The Morgan fingerprint density at radius 3 is 1.71 bits per heavy atom. The molecule has 0 aromatic rings. The van der Waals surface area contributed by atoms with Gasteiger partial charge in [-0.25, -0.2) is 0 Å². The molecule has 0 aromatic carbocycles. The van der Waals surface area contributed by atoms with Crippen LogP contribution in [-0.2, 0) is 14.3 Å². The van der Waals surface area contributed by atoms with Gasteiger partial charge in [0.05, 0.1) is 25.4 Å². The number of rotatable bonds is 34. The third-order valence-corrected chi connectivity index (χ3v) is 10.1. The second-order valence-corrected chi connectivity index (χ2v) is 14.8. The molecule has 9 heteroatoms. The molecule has 1 aliphatic heterocycles. The third-order valence-electron chi connectivity index (χ3n) is 10.1. The molecule has 9 nitrogen and oxygen atoms in total. The van der Waals surface area contributed by atoms with Gasteiger partial charge in [0.15, 0.2) is 6.29 Å². The molecule has 1 rings (SSSR count). The molecular formula is C42H79NO8. The Morgan fingerprint density at radius 1 is 0.667 bits per heavy atom. The molecule has 1 aliphatic rings. The zero-order valence-electron chi connectivity index (χ0n) is 32.6. The molecule has 1 saturated heterocycles. The number of amides is 1. The number of unbranched alkanes of at least 4 members (excludes halogenated alkanes) is 20. The van der Waals surface area contributed by atoms with Gasteiger partial charge in [-0.3, -0.25) is 4.79 Å².